The summed E-state index contributed by atoms with van der Waals surface area (Å²) >= 11 is 6.36. The average Bonchev–Trinajstić information content (AvgIpc) is 3.08. The third kappa shape index (κ3) is 19.0. The Morgan fingerprint density at radius 3 is 1.04 bits per heavy atom. The Morgan fingerprint density at radius 1 is 0.551 bits per heavy atom. The number of pyridine rings is 2. The number of aromatic carboxylic acids is 2. The van der Waals surface area contributed by atoms with Gasteiger partial charge in [0, 0.05) is 59.9 Å². The van der Waals surface area contributed by atoms with Gasteiger partial charge in [0.05, 0.1) is 23.1 Å². The first-order valence-corrected chi connectivity index (χ1v) is 15.9. The number of aromatic nitrogens is 2. The molecule has 2 aromatic heterocycles. The van der Waals surface area contributed by atoms with Gasteiger partial charge < -0.3 is 40.6 Å². The summed E-state index contributed by atoms with van der Waals surface area (Å²) in [6, 6.07) is 19.7. The van der Waals surface area contributed by atoms with Crippen LogP contribution in [-0.2, 0) is 30.4 Å². The monoisotopic (exact) mass is 856 g/mol. The molecule has 0 aliphatic heterocycles. The number of amides is 2. The van der Waals surface area contributed by atoms with Crippen LogP contribution in [0.25, 0.3) is 0 Å². The van der Waals surface area contributed by atoms with Crippen molar-refractivity contribution in [1.29, 1.82) is 0 Å². The van der Waals surface area contributed by atoms with Crippen molar-refractivity contribution in [3.05, 3.63) is 129 Å². The van der Waals surface area contributed by atoms with Crippen LogP contribution in [0.1, 0.15) is 69.1 Å². The second kappa shape index (κ2) is 28.0. The largest absolute Gasteiger partial charge is 2.00 e. The number of carbonyl (C=O) groups is 4. The van der Waals surface area contributed by atoms with Gasteiger partial charge in [-0.05, 0) is 87.4 Å². The van der Waals surface area contributed by atoms with Crippen LogP contribution < -0.4 is 10.2 Å². The number of benzene rings is 2. The second-order valence-electron chi connectivity index (χ2n) is 9.03. The van der Waals surface area contributed by atoms with Crippen LogP contribution in [0.4, 0.5) is 0 Å². The number of carbonyl (C=O) groups excluding carboxylic acids is 4. The minimum absolute atomic E-state index is 0. The normalized spacial score (nSPS) is 8.94. The first kappa shape index (κ1) is 49.5. The van der Waals surface area contributed by atoms with Gasteiger partial charge >= 0.3 is 19.5 Å². The minimum Gasteiger partial charge on any atom is -0.545 e. The molecule has 49 heavy (non-hydrogen) atoms. The van der Waals surface area contributed by atoms with E-state index in [4.69, 9.17) is 0 Å². The molecule has 6 N–H and O–H groups in total. The molecule has 2 amide bonds. The van der Waals surface area contributed by atoms with E-state index in [1.807, 2.05) is 27.7 Å². The van der Waals surface area contributed by atoms with Gasteiger partial charge in [0.15, 0.2) is 0 Å². The molecule has 0 aliphatic rings. The summed E-state index contributed by atoms with van der Waals surface area (Å²) in [6.07, 6.45) is 6.53. The van der Waals surface area contributed by atoms with E-state index in [-0.39, 0.29) is 53.4 Å². The summed E-state index contributed by atoms with van der Waals surface area (Å²) in [5, 5.41) is 20.4. The summed E-state index contributed by atoms with van der Waals surface area (Å²) in [7, 11) is 0. The zero-order valence-electron chi connectivity index (χ0n) is 27.9. The third-order valence-electron chi connectivity index (χ3n) is 6.08. The molecule has 4 aromatic rings. The number of halogens is 2. The van der Waals surface area contributed by atoms with E-state index < -0.39 is 11.9 Å². The fourth-order valence-corrected chi connectivity index (χ4v) is 4.07. The van der Waals surface area contributed by atoms with E-state index in [9.17, 15) is 29.4 Å². The summed E-state index contributed by atoms with van der Waals surface area (Å²) in [4.78, 5) is 55.1. The maximum atomic E-state index is 11.7. The van der Waals surface area contributed by atoms with Crippen molar-refractivity contribution in [3.63, 3.8) is 0 Å². The molecule has 0 saturated carbocycles. The topological polar surface area (TPSA) is 213 Å². The fraction of sp³-hybridized carbons (Fsp3) is 0.235. The summed E-state index contributed by atoms with van der Waals surface area (Å²) in [5.41, 5.74) is 1.71. The molecule has 2 aromatic carbocycles. The van der Waals surface area contributed by atoms with Crippen molar-refractivity contribution >= 4 is 55.6 Å². The number of hydrogen-bond acceptors (Lipinski definition) is 8. The van der Waals surface area contributed by atoms with Crippen molar-refractivity contribution in [2.45, 2.75) is 27.7 Å². The van der Waals surface area contributed by atoms with Gasteiger partial charge in [-0.25, -0.2) is 0 Å². The predicted octanol–water partition coefficient (Wildman–Crippen LogP) is 2.91. The molecule has 0 fully saturated rings. The molecule has 0 radical (unpaired) electrons. The molecule has 0 bridgehead atoms. The number of carboxylic acids is 2. The molecule has 0 spiro atoms. The van der Waals surface area contributed by atoms with Crippen LogP contribution >= 0.6 is 31.9 Å². The van der Waals surface area contributed by atoms with Gasteiger partial charge in [-0.2, -0.15) is 0 Å². The molecule has 12 nitrogen and oxygen atoms in total. The molecule has 0 aliphatic carbocycles. The van der Waals surface area contributed by atoms with Gasteiger partial charge in [0.2, 0.25) is 0 Å². The molecule has 0 saturated heterocycles. The predicted molar refractivity (Wildman–Crippen MR) is 190 cm³/mol. The average molecular weight is 860 g/mol. The van der Waals surface area contributed by atoms with Crippen LogP contribution in [0.3, 0.4) is 0 Å². The van der Waals surface area contributed by atoms with Crippen molar-refractivity contribution in [3.8, 4) is 0 Å². The Kier molecular flexibility index (Phi) is 28.3. The van der Waals surface area contributed by atoms with Gasteiger partial charge in [0.25, 0.3) is 11.8 Å². The summed E-state index contributed by atoms with van der Waals surface area (Å²) in [6.45, 7) is 10.8. The Hall–Kier alpha value is -3.88. The molecule has 2 heterocycles. The number of carboxylic acid groups (broad SMARTS) is 2. The summed E-state index contributed by atoms with van der Waals surface area (Å²) in [5.74, 6) is -2.18. The molecule has 15 heteroatoms. The number of hydrogen-bond donors (Lipinski definition) is 0. The summed E-state index contributed by atoms with van der Waals surface area (Å²) < 4.78 is 1.72. The Balaban J connectivity index is -0.000000568. The van der Waals surface area contributed by atoms with Crippen molar-refractivity contribution in [2.24, 2.45) is 0 Å². The van der Waals surface area contributed by atoms with Crippen LogP contribution in [0.15, 0.2) is 107 Å². The second-order valence-corrected chi connectivity index (χ2v) is 10.9. The molecular formula is C34H42Br2N4O8Zn+2. The SMILES string of the molecule is CCN(CC)C(=O)c1cccnc1.CCN(CC)C(=O)c1cccnc1.O=C([O-])c1ccc(Br)cc1.O=C([O-])c1ccc(Br)cc1.[OH3+].[OH3+].[Zn+2]. The molecule has 0 atom stereocenters. The zero-order chi connectivity index (χ0) is 34.5. The maximum Gasteiger partial charge on any atom is 2.00 e. The fourth-order valence-electron chi connectivity index (χ4n) is 3.54. The standard InChI is InChI=1S/2C10H14N2O.2C7H5BrO2.2H2O.Zn/c2*1-3-12(4-2)10(13)9-6-5-7-11-8-9;2*8-6-3-1-5(2-4-6)7(9)10;;;/h2*5-8H,3-4H2,1-2H3;2*1-4H,(H,9,10);2*1H2;/q;;;;;;+2. The first-order valence-electron chi connectivity index (χ1n) is 14.3. The van der Waals surface area contributed by atoms with E-state index >= 15 is 0 Å². The van der Waals surface area contributed by atoms with Gasteiger partial charge in [-0.15, -0.1) is 0 Å². The van der Waals surface area contributed by atoms with Crippen LogP contribution in [-0.4, -0.2) is 69.7 Å². The zero-order valence-corrected chi connectivity index (χ0v) is 34.1. The van der Waals surface area contributed by atoms with E-state index in [2.05, 4.69) is 41.8 Å². The van der Waals surface area contributed by atoms with E-state index in [0.717, 1.165) is 35.1 Å². The van der Waals surface area contributed by atoms with Crippen LogP contribution in [0.2, 0.25) is 0 Å². The van der Waals surface area contributed by atoms with E-state index in [1.165, 1.54) is 24.3 Å². The van der Waals surface area contributed by atoms with Crippen molar-refractivity contribution in [1.82, 2.24) is 19.8 Å². The van der Waals surface area contributed by atoms with E-state index in [0.29, 0.717) is 11.1 Å². The van der Waals surface area contributed by atoms with Gasteiger partial charge in [-0.3, -0.25) is 19.6 Å². The van der Waals surface area contributed by atoms with Crippen molar-refractivity contribution in [2.75, 3.05) is 26.2 Å². The minimum atomic E-state index is -1.15. The van der Waals surface area contributed by atoms with Crippen molar-refractivity contribution < 1.29 is 59.8 Å². The quantitative estimate of drug-likeness (QED) is 0.189. The Morgan fingerprint density at radius 2 is 0.837 bits per heavy atom. The number of rotatable bonds is 8. The third-order valence-corrected chi connectivity index (χ3v) is 7.14. The Labute approximate surface area is 316 Å². The number of nitrogens with zero attached hydrogens (tertiary/aromatic N) is 4. The maximum absolute atomic E-state index is 11.7. The molecular weight excluding hydrogens is 818 g/mol. The molecule has 0 unspecified atom stereocenters. The smallest absolute Gasteiger partial charge is 0.545 e. The molecule has 260 valence electrons. The first-order chi connectivity index (χ1) is 22.0. The Bertz CT molecular complexity index is 1380. The van der Waals surface area contributed by atoms with Gasteiger partial charge in [0.1, 0.15) is 0 Å². The molecule has 4 rings (SSSR count). The van der Waals surface area contributed by atoms with Crippen LogP contribution in [0.5, 0.6) is 0 Å². The van der Waals surface area contributed by atoms with Gasteiger partial charge in [-0.1, -0.05) is 56.1 Å². The van der Waals surface area contributed by atoms with E-state index in [1.54, 1.807) is 83.1 Å². The van der Waals surface area contributed by atoms with Crippen LogP contribution in [0, 0.1) is 0 Å².